The number of urea groups is 1. The fraction of sp³-hybridized carbons (Fsp3) is 0.962. The van der Waals surface area contributed by atoms with E-state index in [1.54, 1.807) is 4.72 Å². The Hall–Kier alpha value is -0.860. The van der Waals surface area contributed by atoms with Crippen LogP contribution in [-0.4, -0.2) is 32.2 Å². The Balaban J connectivity index is 1.43. The van der Waals surface area contributed by atoms with Crippen LogP contribution in [0.25, 0.3) is 0 Å². The number of carbonyl (C=O) groups excluding carboxylic acids is 1. The third-order valence-corrected chi connectivity index (χ3v) is 11.7. The van der Waals surface area contributed by atoms with Gasteiger partial charge in [0.15, 0.2) is 0 Å². The van der Waals surface area contributed by atoms with Gasteiger partial charge in [0, 0.05) is 6.54 Å². The van der Waals surface area contributed by atoms with Gasteiger partial charge in [-0.15, -0.1) is 0 Å². The van der Waals surface area contributed by atoms with Gasteiger partial charge < -0.3 is 10.4 Å². The van der Waals surface area contributed by atoms with E-state index >= 15 is 0 Å². The summed E-state index contributed by atoms with van der Waals surface area (Å²) in [5, 5.41) is 18.0. The fourth-order valence-electron chi connectivity index (χ4n) is 9.69. The molecule has 0 aromatic carbocycles. The molecule has 0 bridgehead atoms. The quantitative estimate of drug-likeness (QED) is 0.440. The van der Waals surface area contributed by atoms with Gasteiger partial charge in [0.1, 0.15) is 0 Å². The van der Waals surface area contributed by atoms with Gasteiger partial charge in [0.2, 0.25) is 0 Å². The summed E-state index contributed by atoms with van der Waals surface area (Å²) in [6, 6.07) is -0.751. The van der Waals surface area contributed by atoms with Crippen LogP contribution in [0.2, 0.25) is 0 Å². The number of amides is 2. The Labute approximate surface area is 206 Å². The van der Waals surface area contributed by atoms with Gasteiger partial charge in [-0.3, -0.25) is 0 Å². The predicted octanol–water partition coefficient (Wildman–Crippen LogP) is 4.17. The van der Waals surface area contributed by atoms with E-state index in [9.17, 15) is 18.3 Å². The molecule has 5 N–H and O–H groups in total. The number of nitrogens with one attached hydrogen (secondary N) is 2. The van der Waals surface area contributed by atoms with Crippen molar-refractivity contribution < 1.29 is 18.3 Å². The second-order valence-electron chi connectivity index (χ2n) is 12.7. The monoisotopic (exact) mass is 497 g/mol. The Morgan fingerprint density at radius 3 is 2.41 bits per heavy atom. The average Bonchev–Trinajstić information content (AvgIpc) is 3.10. The van der Waals surface area contributed by atoms with Crippen molar-refractivity contribution in [3.63, 3.8) is 0 Å². The molecule has 1 unspecified atom stereocenters. The lowest BCUT2D eigenvalue weighted by Crippen LogP contribution is -2.56. The van der Waals surface area contributed by atoms with Crippen LogP contribution in [0.5, 0.6) is 0 Å². The van der Waals surface area contributed by atoms with Gasteiger partial charge >= 0.3 is 6.03 Å². The van der Waals surface area contributed by atoms with E-state index in [-0.39, 0.29) is 6.10 Å². The first-order chi connectivity index (χ1) is 15.9. The predicted molar refractivity (Wildman–Crippen MR) is 134 cm³/mol. The van der Waals surface area contributed by atoms with Gasteiger partial charge in [0.05, 0.1) is 6.10 Å². The van der Waals surface area contributed by atoms with Crippen molar-refractivity contribution >= 4 is 16.2 Å². The third-order valence-electron chi connectivity index (χ3n) is 11.2. The molecule has 0 spiro atoms. The highest BCUT2D eigenvalue weighted by Crippen LogP contribution is 2.69. The minimum absolute atomic E-state index is 0.102. The number of hydrogen-bond acceptors (Lipinski definition) is 4. The summed E-state index contributed by atoms with van der Waals surface area (Å²) in [6.45, 7) is 10.2. The van der Waals surface area contributed by atoms with Gasteiger partial charge in [-0.05, 0) is 110 Å². The maximum Gasteiger partial charge on any atom is 0.329 e. The van der Waals surface area contributed by atoms with Crippen LogP contribution in [0.15, 0.2) is 0 Å². The molecule has 8 heteroatoms. The zero-order valence-electron chi connectivity index (χ0n) is 21.6. The maximum absolute atomic E-state index is 11.7. The zero-order valence-corrected chi connectivity index (χ0v) is 22.4. The molecular weight excluding hydrogens is 450 g/mol. The summed E-state index contributed by atoms with van der Waals surface area (Å²) in [4.78, 5) is 11.7. The molecule has 4 aliphatic carbocycles. The zero-order chi connectivity index (χ0) is 24.9. The molecule has 0 aliphatic heterocycles. The van der Waals surface area contributed by atoms with Gasteiger partial charge in [-0.1, -0.05) is 34.1 Å². The first kappa shape index (κ1) is 26.2. The third kappa shape index (κ3) is 4.75. The van der Waals surface area contributed by atoms with E-state index in [4.69, 9.17) is 5.14 Å². The van der Waals surface area contributed by atoms with Crippen LogP contribution in [0, 0.1) is 52.3 Å². The van der Waals surface area contributed by atoms with Crippen LogP contribution in [0.1, 0.15) is 91.9 Å². The number of hydrogen-bond donors (Lipinski definition) is 4. The first-order valence-electron chi connectivity index (χ1n) is 13.7. The molecule has 0 aromatic rings. The van der Waals surface area contributed by atoms with Gasteiger partial charge in [-0.25, -0.2) is 14.7 Å². The topological polar surface area (TPSA) is 122 Å². The molecule has 0 radical (unpaired) electrons. The highest BCUT2D eigenvalue weighted by atomic mass is 32.2. The Morgan fingerprint density at radius 2 is 1.74 bits per heavy atom. The number of aliphatic hydroxyl groups excluding tert-OH is 1. The van der Waals surface area contributed by atoms with E-state index in [2.05, 4.69) is 33.0 Å². The van der Waals surface area contributed by atoms with Crippen molar-refractivity contribution in [2.75, 3.05) is 6.54 Å². The molecule has 0 heterocycles. The lowest BCUT2D eigenvalue weighted by molar-refractivity contribution is -0.152. The minimum atomic E-state index is -4.03. The average molecular weight is 498 g/mol. The molecule has 0 saturated heterocycles. The summed E-state index contributed by atoms with van der Waals surface area (Å²) in [7, 11) is -4.03. The minimum Gasteiger partial charge on any atom is -0.393 e. The smallest absolute Gasteiger partial charge is 0.329 e. The molecule has 196 valence electrons. The lowest BCUT2D eigenvalue weighted by atomic mass is 9.42. The van der Waals surface area contributed by atoms with Crippen LogP contribution < -0.4 is 15.2 Å². The van der Waals surface area contributed by atoms with Crippen molar-refractivity contribution in [1.29, 1.82) is 0 Å². The molecule has 10 atom stereocenters. The molecule has 4 fully saturated rings. The number of aliphatic hydroxyl groups is 1. The van der Waals surface area contributed by atoms with Crippen molar-refractivity contribution in [1.82, 2.24) is 10.0 Å². The molecule has 0 aromatic heterocycles. The second-order valence-corrected chi connectivity index (χ2v) is 14.0. The van der Waals surface area contributed by atoms with E-state index < -0.39 is 16.2 Å². The fourth-order valence-corrected chi connectivity index (χ4v) is 10.0. The lowest BCUT2D eigenvalue weighted by Gasteiger charge is -2.63. The van der Waals surface area contributed by atoms with E-state index in [1.165, 1.54) is 44.9 Å². The molecule has 4 saturated carbocycles. The van der Waals surface area contributed by atoms with E-state index in [0.717, 1.165) is 42.9 Å². The number of fused-ring (bicyclic) bond motifs is 5. The Bertz CT molecular complexity index is 866. The summed E-state index contributed by atoms with van der Waals surface area (Å²) in [6.07, 6.45) is 11.6. The van der Waals surface area contributed by atoms with Crippen molar-refractivity contribution in [3.05, 3.63) is 0 Å². The Kier molecular flexibility index (Phi) is 7.36. The van der Waals surface area contributed by atoms with Crippen molar-refractivity contribution in [3.8, 4) is 0 Å². The van der Waals surface area contributed by atoms with Crippen LogP contribution in [-0.2, 0) is 10.2 Å². The SMILES string of the molecule is CC[C@H]1C[C@@H]2[C@H](CC[C@]3(C)C([C@H](C)CCNC(=O)NS(N)(=O)=O)CC[C@@H]23)[C@@]2(C)CC[C@@H](O)C[C@@H]12. The van der Waals surface area contributed by atoms with Crippen LogP contribution in [0.3, 0.4) is 0 Å². The summed E-state index contributed by atoms with van der Waals surface area (Å²) in [5.74, 6) is 4.90. The molecular formula is C26H47N3O4S. The standard InChI is InChI=1S/C26H47N3O4S/c1-5-17-14-19-21-7-6-20(16(2)10-13-28-24(31)29-34(27,32)33)25(21,3)12-9-22(19)26(4)11-8-18(30)15-23(17)26/h16-23,30H,5-15H2,1-4H3,(H2,27,32,33)(H2,28,29,31)/t16-,17+,18-,19+,20?,21+,22+,23+,25-,26-/m1/s1. The maximum atomic E-state index is 11.7. The van der Waals surface area contributed by atoms with Crippen LogP contribution in [0.4, 0.5) is 4.79 Å². The van der Waals surface area contributed by atoms with E-state index in [0.29, 0.717) is 35.1 Å². The van der Waals surface area contributed by atoms with Crippen molar-refractivity contribution in [2.24, 2.45) is 57.4 Å². The molecule has 4 rings (SSSR count). The molecule has 7 nitrogen and oxygen atoms in total. The molecule has 34 heavy (non-hydrogen) atoms. The molecule has 4 aliphatic rings. The number of rotatable bonds is 6. The normalized spacial score (nSPS) is 44.9. The summed E-state index contributed by atoms with van der Waals surface area (Å²) < 4.78 is 23.8. The largest absolute Gasteiger partial charge is 0.393 e. The highest BCUT2D eigenvalue weighted by Gasteiger charge is 2.62. The number of carbonyl (C=O) groups is 1. The Morgan fingerprint density at radius 1 is 1.06 bits per heavy atom. The van der Waals surface area contributed by atoms with Crippen LogP contribution >= 0.6 is 0 Å². The van der Waals surface area contributed by atoms with E-state index in [1.807, 2.05) is 0 Å². The summed E-state index contributed by atoms with van der Waals surface area (Å²) >= 11 is 0. The first-order valence-corrected chi connectivity index (χ1v) is 15.2. The molecule has 2 amide bonds. The summed E-state index contributed by atoms with van der Waals surface area (Å²) in [5.41, 5.74) is 0.730. The highest BCUT2D eigenvalue weighted by molar-refractivity contribution is 7.87. The second kappa shape index (κ2) is 9.55. The number of nitrogens with two attached hydrogens (primary N) is 1. The van der Waals surface area contributed by atoms with Gasteiger partial charge in [-0.2, -0.15) is 8.42 Å². The van der Waals surface area contributed by atoms with Gasteiger partial charge in [0.25, 0.3) is 10.2 Å². The van der Waals surface area contributed by atoms with Crippen molar-refractivity contribution in [2.45, 2.75) is 98.0 Å².